The van der Waals surface area contributed by atoms with Crippen LogP contribution in [0.2, 0.25) is 5.02 Å². The van der Waals surface area contributed by atoms with E-state index in [-0.39, 0.29) is 0 Å². The van der Waals surface area contributed by atoms with Crippen molar-refractivity contribution < 1.29 is 0 Å². The van der Waals surface area contributed by atoms with E-state index in [2.05, 4.69) is 15.1 Å². The molecule has 0 spiro atoms. The van der Waals surface area contributed by atoms with Crippen LogP contribution >= 0.6 is 11.6 Å². The topological polar surface area (TPSA) is 43.6 Å². The van der Waals surface area contributed by atoms with Gasteiger partial charge in [-0.15, -0.1) is 0 Å². The van der Waals surface area contributed by atoms with Gasteiger partial charge >= 0.3 is 0 Å². The summed E-state index contributed by atoms with van der Waals surface area (Å²) in [7, 11) is 0. The maximum absolute atomic E-state index is 5.98. The molecule has 0 unspecified atom stereocenters. The van der Waals surface area contributed by atoms with Gasteiger partial charge in [-0.25, -0.2) is 9.67 Å². The van der Waals surface area contributed by atoms with Gasteiger partial charge in [0, 0.05) is 16.3 Å². The number of fused-ring (bicyclic) bond motifs is 1. The Morgan fingerprint density at radius 3 is 2.64 bits per heavy atom. The van der Waals surface area contributed by atoms with Crippen LogP contribution in [0.1, 0.15) is 17.0 Å². The molecule has 0 N–H and O–H groups in total. The zero-order chi connectivity index (χ0) is 17.2. The smallest absolute Gasteiger partial charge is 0.0902 e. The summed E-state index contributed by atoms with van der Waals surface area (Å²) in [4.78, 5) is 9.00. The van der Waals surface area contributed by atoms with Gasteiger partial charge in [-0.1, -0.05) is 29.8 Å². The van der Waals surface area contributed by atoms with E-state index in [0.717, 1.165) is 33.7 Å². The molecule has 0 aliphatic heterocycles. The van der Waals surface area contributed by atoms with E-state index in [4.69, 9.17) is 11.6 Å². The van der Waals surface area contributed by atoms with Crippen molar-refractivity contribution >= 4 is 34.8 Å². The van der Waals surface area contributed by atoms with Gasteiger partial charge in [0.05, 0.1) is 34.8 Å². The highest BCUT2D eigenvalue weighted by Gasteiger charge is 2.05. The van der Waals surface area contributed by atoms with Gasteiger partial charge < -0.3 is 0 Å². The van der Waals surface area contributed by atoms with Crippen molar-refractivity contribution in [3.05, 3.63) is 82.9 Å². The largest absolute Gasteiger partial charge is 0.252 e. The highest BCUT2D eigenvalue weighted by molar-refractivity contribution is 6.31. The predicted molar refractivity (Wildman–Crippen MR) is 102 cm³/mol. The monoisotopic (exact) mass is 346 g/mol. The maximum atomic E-state index is 5.98. The van der Waals surface area contributed by atoms with Crippen LogP contribution in [0.25, 0.3) is 28.9 Å². The van der Waals surface area contributed by atoms with Crippen molar-refractivity contribution in [3.8, 4) is 5.69 Å². The lowest BCUT2D eigenvalue weighted by atomic mass is 10.2. The highest BCUT2D eigenvalue weighted by Crippen LogP contribution is 2.18. The molecule has 4 aromatic rings. The van der Waals surface area contributed by atoms with E-state index in [1.807, 2.05) is 78.5 Å². The molecule has 0 amide bonds. The number of nitrogens with zero attached hydrogens (tertiary/aromatic N) is 4. The Balaban J connectivity index is 1.64. The summed E-state index contributed by atoms with van der Waals surface area (Å²) in [5.74, 6) is 0. The summed E-state index contributed by atoms with van der Waals surface area (Å²) >= 11 is 5.98. The Labute approximate surface area is 150 Å². The van der Waals surface area contributed by atoms with Gasteiger partial charge in [0.15, 0.2) is 0 Å². The van der Waals surface area contributed by atoms with Gasteiger partial charge in [-0.3, -0.25) is 4.98 Å². The third-order valence-electron chi connectivity index (χ3n) is 4.01. The Kier molecular flexibility index (Phi) is 4.04. The molecule has 2 heterocycles. The Bertz CT molecular complexity index is 1070. The third-order valence-corrected chi connectivity index (χ3v) is 4.24. The molecule has 4 nitrogen and oxygen atoms in total. The van der Waals surface area contributed by atoms with Crippen LogP contribution in [0.4, 0.5) is 0 Å². The van der Waals surface area contributed by atoms with E-state index in [0.29, 0.717) is 5.02 Å². The lowest BCUT2D eigenvalue weighted by molar-refractivity contribution is 0.847. The fraction of sp³-hybridized carbons (Fsp3) is 0.0500. The molecule has 0 fully saturated rings. The Morgan fingerprint density at radius 2 is 1.80 bits per heavy atom. The fourth-order valence-electron chi connectivity index (χ4n) is 2.67. The normalized spacial score (nSPS) is 11.4. The molecule has 0 bridgehead atoms. The van der Waals surface area contributed by atoms with Crippen molar-refractivity contribution in [2.24, 2.45) is 0 Å². The first-order chi connectivity index (χ1) is 12.2. The van der Waals surface area contributed by atoms with Crippen LogP contribution in [-0.2, 0) is 0 Å². The molecular formula is C20H15ClN4. The van der Waals surface area contributed by atoms with Gasteiger partial charge in [-0.2, -0.15) is 5.10 Å². The first kappa shape index (κ1) is 15.5. The minimum Gasteiger partial charge on any atom is -0.252 e. The minimum atomic E-state index is 0.661. The average Bonchev–Trinajstić information content (AvgIpc) is 3.01. The van der Waals surface area contributed by atoms with Crippen molar-refractivity contribution in [3.63, 3.8) is 0 Å². The van der Waals surface area contributed by atoms with Crippen LogP contribution in [0.5, 0.6) is 0 Å². The zero-order valence-electron chi connectivity index (χ0n) is 13.6. The molecule has 2 aromatic heterocycles. The second-order valence-electron chi connectivity index (χ2n) is 5.69. The Morgan fingerprint density at radius 1 is 0.960 bits per heavy atom. The number of hydrogen-bond donors (Lipinski definition) is 0. The summed E-state index contributed by atoms with van der Waals surface area (Å²) in [5, 5.41) is 5.13. The third kappa shape index (κ3) is 3.16. The molecule has 0 saturated heterocycles. The molecule has 4 rings (SSSR count). The number of hydrogen-bond acceptors (Lipinski definition) is 3. The first-order valence-corrected chi connectivity index (χ1v) is 8.29. The lowest BCUT2D eigenvalue weighted by Gasteiger charge is -2.03. The predicted octanol–water partition coefficient (Wildman–Crippen LogP) is 4.95. The second kappa shape index (κ2) is 6.49. The molecule has 0 aliphatic rings. The van der Waals surface area contributed by atoms with E-state index in [9.17, 15) is 0 Å². The molecule has 122 valence electrons. The van der Waals surface area contributed by atoms with Crippen LogP contribution < -0.4 is 0 Å². The maximum Gasteiger partial charge on any atom is 0.0902 e. The van der Waals surface area contributed by atoms with Gasteiger partial charge in [0.1, 0.15) is 0 Å². The average molecular weight is 347 g/mol. The van der Waals surface area contributed by atoms with E-state index in [1.54, 1.807) is 6.20 Å². The van der Waals surface area contributed by atoms with Crippen LogP contribution in [0.15, 0.2) is 60.9 Å². The Hall–Kier alpha value is -2.98. The van der Waals surface area contributed by atoms with Crippen LogP contribution in [0, 0.1) is 6.92 Å². The summed E-state index contributed by atoms with van der Waals surface area (Å²) in [6, 6.07) is 15.6. The number of benzene rings is 2. The molecular weight excluding hydrogens is 332 g/mol. The molecule has 25 heavy (non-hydrogen) atoms. The molecule has 5 heteroatoms. The summed E-state index contributed by atoms with van der Waals surface area (Å²) in [6.07, 6.45) is 7.55. The second-order valence-corrected chi connectivity index (χ2v) is 6.13. The number of rotatable bonds is 3. The zero-order valence-corrected chi connectivity index (χ0v) is 14.4. The van der Waals surface area contributed by atoms with Gasteiger partial charge in [-0.05, 0) is 49.4 Å². The molecule has 0 atom stereocenters. The van der Waals surface area contributed by atoms with E-state index >= 15 is 0 Å². The summed E-state index contributed by atoms with van der Waals surface area (Å²) < 4.78 is 1.92. The van der Waals surface area contributed by atoms with Gasteiger partial charge in [0.2, 0.25) is 0 Å². The first-order valence-electron chi connectivity index (χ1n) is 7.91. The number of halogens is 1. The summed E-state index contributed by atoms with van der Waals surface area (Å²) in [5.41, 5.74) is 5.56. The van der Waals surface area contributed by atoms with Crippen molar-refractivity contribution in [2.45, 2.75) is 6.92 Å². The SMILES string of the molecule is Cc1c(C=Cc2cnc3cc(Cl)ccc3n2)cnn1-c1ccccc1. The van der Waals surface area contributed by atoms with Crippen LogP contribution in [-0.4, -0.2) is 19.7 Å². The highest BCUT2D eigenvalue weighted by atomic mass is 35.5. The van der Waals surface area contributed by atoms with Crippen molar-refractivity contribution in [2.75, 3.05) is 0 Å². The van der Waals surface area contributed by atoms with E-state index < -0.39 is 0 Å². The molecule has 2 aromatic carbocycles. The number of para-hydroxylation sites is 1. The van der Waals surface area contributed by atoms with Gasteiger partial charge in [0.25, 0.3) is 0 Å². The fourth-order valence-corrected chi connectivity index (χ4v) is 2.84. The molecule has 0 radical (unpaired) electrons. The van der Waals surface area contributed by atoms with E-state index in [1.165, 1.54) is 0 Å². The standard InChI is InChI=1S/C20H15ClN4/c1-14-15(12-23-25(14)18-5-3-2-4-6-18)7-9-17-13-22-20-11-16(21)8-10-19(20)24-17/h2-13H,1H3. The summed E-state index contributed by atoms with van der Waals surface area (Å²) in [6.45, 7) is 2.05. The van der Waals surface area contributed by atoms with Crippen molar-refractivity contribution in [1.29, 1.82) is 0 Å². The van der Waals surface area contributed by atoms with Crippen molar-refractivity contribution in [1.82, 2.24) is 19.7 Å². The number of aromatic nitrogens is 4. The molecule has 0 aliphatic carbocycles. The minimum absolute atomic E-state index is 0.661. The quantitative estimate of drug-likeness (QED) is 0.527. The lowest BCUT2D eigenvalue weighted by Crippen LogP contribution is -1.98. The molecule has 0 saturated carbocycles. The van der Waals surface area contributed by atoms with Crippen LogP contribution in [0.3, 0.4) is 0 Å².